The van der Waals surface area contributed by atoms with Crippen LogP contribution in [0.5, 0.6) is 11.5 Å². The Hall–Kier alpha value is -4.70. The second-order valence-corrected chi connectivity index (χ2v) is 10.3. The van der Waals surface area contributed by atoms with Crippen molar-refractivity contribution in [2.75, 3.05) is 20.8 Å². The van der Waals surface area contributed by atoms with Gasteiger partial charge in [0.05, 0.1) is 41.5 Å². The number of hydrogen-bond donors (Lipinski definition) is 0. The number of esters is 1. The molecule has 2 aliphatic rings. The van der Waals surface area contributed by atoms with Gasteiger partial charge in [0.15, 0.2) is 6.61 Å². The van der Waals surface area contributed by atoms with E-state index in [-0.39, 0.29) is 22.2 Å². The molecule has 1 aliphatic heterocycles. The molecule has 2 unspecified atom stereocenters. The molecule has 0 spiro atoms. The lowest BCUT2D eigenvalue weighted by Crippen LogP contribution is -2.34. The zero-order chi connectivity index (χ0) is 29.8. The van der Waals surface area contributed by atoms with Crippen LogP contribution in [0.15, 0.2) is 77.4 Å². The standard InChI is InChI=1S/C31H28ClN3O7/c1-40-23-11-6-19(7-12-23)16-21-4-3-5-25-29(21)33-34(30(25)20-8-13-24(41-2)14-9-20)28(36)18-42-31(37)26-17-22(35(38)39)10-15-27(26)32/h6-17,25,30H,3-5,18H2,1-2H3/b21-16+. The Balaban J connectivity index is 1.43. The first-order chi connectivity index (χ1) is 20.3. The first-order valence-electron chi connectivity index (χ1n) is 13.3. The number of non-ortho nitro benzene ring substituents is 1. The number of hydrazone groups is 1. The lowest BCUT2D eigenvalue weighted by Gasteiger charge is -2.29. The first-order valence-corrected chi connectivity index (χ1v) is 13.7. The molecule has 0 bridgehead atoms. The SMILES string of the molecule is COc1ccc(/C=C2\CCCC3C2=NN(C(=O)COC(=O)c2cc([N+](=O)[O-])ccc2Cl)C3c2ccc(OC)cc2)cc1. The molecule has 11 heteroatoms. The van der Waals surface area contributed by atoms with Crippen LogP contribution < -0.4 is 9.47 Å². The minimum Gasteiger partial charge on any atom is -0.497 e. The summed E-state index contributed by atoms with van der Waals surface area (Å²) in [6.45, 7) is -0.620. The molecule has 3 aromatic rings. The van der Waals surface area contributed by atoms with Gasteiger partial charge in [0.1, 0.15) is 11.5 Å². The number of fused-ring (bicyclic) bond motifs is 1. The van der Waals surface area contributed by atoms with Gasteiger partial charge in [0.2, 0.25) is 0 Å². The van der Waals surface area contributed by atoms with Crippen molar-refractivity contribution in [2.45, 2.75) is 25.3 Å². The number of allylic oxidation sites excluding steroid dienone is 1. The number of carbonyl (C=O) groups excluding carboxylic acids is 2. The van der Waals surface area contributed by atoms with Crippen molar-refractivity contribution < 1.29 is 28.7 Å². The molecule has 10 nitrogen and oxygen atoms in total. The van der Waals surface area contributed by atoms with Crippen molar-refractivity contribution in [1.29, 1.82) is 0 Å². The Morgan fingerprint density at radius 3 is 2.36 bits per heavy atom. The molecule has 2 atom stereocenters. The highest BCUT2D eigenvalue weighted by molar-refractivity contribution is 6.33. The Labute approximate surface area is 247 Å². The molecule has 1 heterocycles. The molecule has 42 heavy (non-hydrogen) atoms. The zero-order valence-corrected chi connectivity index (χ0v) is 23.7. The van der Waals surface area contributed by atoms with E-state index < -0.39 is 29.4 Å². The Bertz CT molecular complexity index is 1570. The Morgan fingerprint density at radius 1 is 1.05 bits per heavy atom. The quantitative estimate of drug-likeness (QED) is 0.173. The van der Waals surface area contributed by atoms with Gasteiger partial charge in [0, 0.05) is 18.1 Å². The molecular weight excluding hydrogens is 562 g/mol. The molecule has 0 saturated heterocycles. The topological polar surface area (TPSA) is 121 Å². The summed E-state index contributed by atoms with van der Waals surface area (Å²) in [6.07, 6.45) is 4.62. The molecule has 1 saturated carbocycles. The predicted molar refractivity (Wildman–Crippen MR) is 157 cm³/mol. The summed E-state index contributed by atoms with van der Waals surface area (Å²) in [5.74, 6) is -0.0993. The van der Waals surface area contributed by atoms with Crippen LogP contribution in [0.1, 0.15) is 46.8 Å². The normalized spacial score (nSPS) is 18.7. The zero-order valence-electron chi connectivity index (χ0n) is 23.0. The fraction of sp³-hybridized carbons (Fsp3) is 0.258. The van der Waals surface area contributed by atoms with E-state index >= 15 is 0 Å². The first kappa shape index (κ1) is 28.8. The van der Waals surface area contributed by atoms with Gasteiger partial charge in [-0.25, -0.2) is 9.80 Å². The number of benzene rings is 3. The molecule has 1 amide bonds. The number of rotatable bonds is 8. The summed E-state index contributed by atoms with van der Waals surface area (Å²) >= 11 is 6.08. The molecule has 0 N–H and O–H groups in total. The monoisotopic (exact) mass is 589 g/mol. The second kappa shape index (κ2) is 12.4. The van der Waals surface area contributed by atoms with Crippen molar-refractivity contribution in [3.05, 3.63) is 104 Å². The van der Waals surface area contributed by atoms with E-state index in [1.807, 2.05) is 48.5 Å². The lowest BCUT2D eigenvalue weighted by molar-refractivity contribution is -0.384. The van der Waals surface area contributed by atoms with E-state index in [0.717, 1.165) is 53.5 Å². The smallest absolute Gasteiger partial charge is 0.340 e. The summed E-state index contributed by atoms with van der Waals surface area (Å²) in [5, 5.41) is 17.3. The number of methoxy groups -OCH3 is 2. The number of nitro benzene ring substituents is 1. The number of nitro groups is 1. The minimum absolute atomic E-state index is 0.0186. The van der Waals surface area contributed by atoms with Crippen LogP contribution >= 0.6 is 11.6 Å². The molecule has 0 aromatic heterocycles. The summed E-state index contributed by atoms with van der Waals surface area (Å²) in [7, 11) is 3.20. The highest BCUT2D eigenvalue weighted by Crippen LogP contribution is 2.44. The highest BCUT2D eigenvalue weighted by Gasteiger charge is 2.44. The van der Waals surface area contributed by atoms with E-state index in [0.29, 0.717) is 5.75 Å². The van der Waals surface area contributed by atoms with E-state index in [1.54, 1.807) is 14.2 Å². The van der Waals surface area contributed by atoms with Crippen molar-refractivity contribution >= 4 is 41.0 Å². The van der Waals surface area contributed by atoms with E-state index in [1.165, 1.54) is 17.1 Å². The van der Waals surface area contributed by atoms with Crippen LogP contribution in [0.25, 0.3) is 6.08 Å². The Kier molecular flexibility index (Phi) is 8.53. The van der Waals surface area contributed by atoms with Crippen LogP contribution in [-0.4, -0.2) is 48.3 Å². The van der Waals surface area contributed by atoms with E-state index in [9.17, 15) is 19.7 Å². The molecule has 0 radical (unpaired) electrons. The van der Waals surface area contributed by atoms with Crippen LogP contribution in [0, 0.1) is 16.0 Å². The number of halogens is 1. The number of carbonyl (C=O) groups is 2. The third kappa shape index (κ3) is 5.99. The summed E-state index contributed by atoms with van der Waals surface area (Å²) in [4.78, 5) is 36.8. The minimum atomic E-state index is -0.942. The highest BCUT2D eigenvalue weighted by atomic mass is 35.5. The van der Waals surface area contributed by atoms with Gasteiger partial charge in [-0.3, -0.25) is 14.9 Å². The number of hydrogen-bond acceptors (Lipinski definition) is 8. The van der Waals surface area contributed by atoms with Crippen LogP contribution in [-0.2, 0) is 9.53 Å². The molecule has 3 aromatic carbocycles. The number of amides is 1. The summed E-state index contributed by atoms with van der Waals surface area (Å²) < 4.78 is 15.9. The van der Waals surface area contributed by atoms with E-state index in [4.69, 9.17) is 30.9 Å². The predicted octanol–water partition coefficient (Wildman–Crippen LogP) is 6.25. The number of nitrogens with zero attached hydrogens (tertiary/aromatic N) is 3. The molecule has 5 rings (SSSR count). The van der Waals surface area contributed by atoms with Gasteiger partial charge in [-0.1, -0.05) is 35.9 Å². The van der Waals surface area contributed by atoms with Crippen molar-refractivity contribution in [2.24, 2.45) is 11.0 Å². The van der Waals surface area contributed by atoms with Gasteiger partial charge < -0.3 is 14.2 Å². The van der Waals surface area contributed by atoms with Gasteiger partial charge in [-0.05, 0) is 72.4 Å². The summed E-state index contributed by atoms with van der Waals surface area (Å²) in [5.41, 5.74) is 3.19. The van der Waals surface area contributed by atoms with Crippen LogP contribution in [0.3, 0.4) is 0 Å². The van der Waals surface area contributed by atoms with Crippen molar-refractivity contribution in [1.82, 2.24) is 5.01 Å². The van der Waals surface area contributed by atoms with Gasteiger partial charge in [-0.15, -0.1) is 0 Å². The fourth-order valence-electron chi connectivity index (χ4n) is 5.30. The second-order valence-electron chi connectivity index (χ2n) is 9.88. The van der Waals surface area contributed by atoms with Crippen LogP contribution in [0.4, 0.5) is 5.69 Å². The average molecular weight is 590 g/mol. The van der Waals surface area contributed by atoms with Crippen molar-refractivity contribution in [3.63, 3.8) is 0 Å². The molecule has 1 aliphatic carbocycles. The summed E-state index contributed by atoms with van der Waals surface area (Å²) in [6, 6.07) is 18.2. The Morgan fingerprint density at radius 2 is 1.71 bits per heavy atom. The maximum Gasteiger partial charge on any atom is 0.340 e. The van der Waals surface area contributed by atoms with Gasteiger partial charge >= 0.3 is 5.97 Å². The molecule has 216 valence electrons. The third-order valence-corrected chi connectivity index (χ3v) is 7.71. The maximum atomic E-state index is 13.6. The maximum absolute atomic E-state index is 13.6. The van der Waals surface area contributed by atoms with Crippen LogP contribution in [0.2, 0.25) is 5.02 Å². The third-order valence-electron chi connectivity index (χ3n) is 7.38. The molecular formula is C31H28ClN3O7. The van der Waals surface area contributed by atoms with Crippen molar-refractivity contribution in [3.8, 4) is 11.5 Å². The fourth-order valence-corrected chi connectivity index (χ4v) is 5.49. The molecule has 1 fully saturated rings. The largest absolute Gasteiger partial charge is 0.497 e. The van der Waals surface area contributed by atoms with Gasteiger partial charge in [-0.2, -0.15) is 5.10 Å². The lowest BCUT2D eigenvalue weighted by atomic mass is 9.77. The average Bonchev–Trinajstić information content (AvgIpc) is 3.41. The number of ether oxygens (including phenoxy) is 3. The van der Waals surface area contributed by atoms with Gasteiger partial charge in [0.25, 0.3) is 11.6 Å². The van der Waals surface area contributed by atoms with E-state index in [2.05, 4.69) is 6.08 Å².